The molecule has 0 radical (unpaired) electrons. The number of nitrogens with one attached hydrogen (secondary N) is 2. The third kappa shape index (κ3) is 5.04. The quantitative estimate of drug-likeness (QED) is 0.662. The average Bonchev–Trinajstić information content (AvgIpc) is 2.82. The van der Waals surface area contributed by atoms with Gasteiger partial charge < -0.3 is 15.4 Å². The van der Waals surface area contributed by atoms with Crippen LogP contribution >= 0.6 is 0 Å². The topological polar surface area (TPSA) is 50.4 Å². The second-order valence-electron chi connectivity index (χ2n) is 5.01. The first-order valence-corrected chi connectivity index (χ1v) is 6.68. The molecule has 100 valence electrons. The lowest BCUT2D eigenvalue weighted by atomic mass is 9.99. The second kappa shape index (κ2) is 7.67. The van der Waals surface area contributed by atoms with E-state index in [1.165, 1.54) is 25.7 Å². The van der Waals surface area contributed by atoms with E-state index in [9.17, 15) is 4.79 Å². The van der Waals surface area contributed by atoms with Gasteiger partial charge in [0.15, 0.2) is 0 Å². The molecular formula is C13H26N2O2. The fraction of sp³-hybridized carbons (Fsp3) is 0.923. The van der Waals surface area contributed by atoms with Gasteiger partial charge >= 0.3 is 0 Å². The number of hydrogen-bond donors (Lipinski definition) is 2. The summed E-state index contributed by atoms with van der Waals surface area (Å²) >= 11 is 0. The first-order valence-electron chi connectivity index (χ1n) is 6.68. The van der Waals surface area contributed by atoms with Gasteiger partial charge in [-0.3, -0.25) is 4.79 Å². The Morgan fingerprint density at radius 2 is 2.00 bits per heavy atom. The summed E-state index contributed by atoms with van der Waals surface area (Å²) in [5.74, 6) is 0.802. The first-order chi connectivity index (χ1) is 8.15. The van der Waals surface area contributed by atoms with E-state index in [-0.39, 0.29) is 11.9 Å². The molecule has 4 nitrogen and oxygen atoms in total. The number of hydrogen-bond acceptors (Lipinski definition) is 3. The lowest BCUT2D eigenvalue weighted by Crippen LogP contribution is -2.48. The van der Waals surface area contributed by atoms with Gasteiger partial charge in [-0.25, -0.2) is 0 Å². The maximum atomic E-state index is 11.7. The maximum Gasteiger partial charge on any atom is 0.236 e. The molecule has 1 rings (SSSR count). The normalized spacial score (nSPS) is 20.2. The van der Waals surface area contributed by atoms with E-state index >= 15 is 0 Å². The van der Waals surface area contributed by atoms with E-state index in [1.807, 2.05) is 6.92 Å². The summed E-state index contributed by atoms with van der Waals surface area (Å²) in [5, 5.41) is 6.25. The lowest BCUT2D eigenvalue weighted by Gasteiger charge is -2.24. The summed E-state index contributed by atoms with van der Waals surface area (Å²) in [6.07, 6.45) is 5.27. The monoisotopic (exact) mass is 242 g/mol. The average molecular weight is 242 g/mol. The Labute approximate surface area is 104 Å². The SMILES string of the molecule is COCCNC(=O)C(C)N[C@@H](C)C1CCCC1. The Hall–Kier alpha value is -0.610. The number of amides is 1. The van der Waals surface area contributed by atoms with Crippen molar-refractivity contribution in [3.05, 3.63) is 0 Å². The molecule has 1 aliphatic carbocycles. The van der Waals surface area contributed by atoms with Gasteiger partial charge in [0.2, 0.25) is 5.91 Å². The van der Waals surface area contributed by atoms with Gasteiger partial charge in [-0.05, 0) is 32.6 Å². The van der Waals surface area contributed by atoms with Crippen molar-refractivity contribution in [2.24, 2.45) is 5.92 Å². The number of carbonyl (C=O) groups is 1. The zero-order valence-electron chi connectivity index (χ0n) is 11.3. The molecule has 0 bridgehead atoms. The minimum absolute atomic E-state index is 0.0619. The standard InChI is InChI=1S/C13H26N2O2/c1-10(12-6-4-5-7-12)15-11(2)13(16)14-8-9-17-3/h10-12,15H,4-9H2,1-3H3,(H,14,16)/t10-,11?/m0/s1. The van der Waals surface area contributed by atoms with Gasteiger partial charge in [-0.1, -0.05) is 12.8 Å². The molecule has 0 heterocycles. The fourth-order valence-corrected chi connectivity index (χ4v) is 2.49. The van der Waals surface area contributed by atoms with Crippen molar-refractivity contribution in [2.45, 2.75) is 51.6 Å². The van der Waals surface area contributed by atoms with Crippen molar-refractivity contribution in [3.8, 4) is 0 Å². The van der Waals surface area contributed by atoms with Crippen LogP contribution in [0.1, 0.15) is 39.5 Å². The van der Waals surface area contributed by atoms with Crippen molar-refractivity contribution in [1.29, 1.82) is 0 Å². The van der Waals surface area contributed by atoms with Gasteiger partial charge in [-0.15, -0.1) is 0 Å². The molecule has 1 unspecified atom stereocenters. The summed E-state index contributed by atoms with van der Waals surface area (Å²) in [5.41, 5.74) is 0. The summed E-state index contributed by atoms with van der Waals surface area (Å²) in [4.78, 5) is 11.7. The van der Waals surface area contributed by atoms with Gasteiger partial charge in [0.25, 0.3) is 0 Å². The number of ether oxygens (including phenoxy) is 1. The van der Waals surface area contributed by atoms with Gasteiger partial charge in [0.1, 0.15) is 0 Å². The van der Waals surface area contributed by atoms with Gasteiger partial charge in [0.05, 0.1) is 12.6 Å². The molecule has 4 heteroatoms. The highest BCUT2D eigenvalue weighted by molar-refractivity contribution is 5.81. The summed E-state index contributed by atoms with van der Waals surface area (Å²) in [7, 11) is 1.63. The Kier molecular flexibility index (Phi) is 6.52. The van der Waals surface area contributed by atoms with Crippen molar-refractivity contribution in [1.82, 2.24) is 10.6 Å². The van der Waals surface area contributed by atoms with Gasteiger partial charge in [-0.2, -0.15) is 0 Å². The zero-order chi connectivity index (χ0) is 12.7. The largest absolute Gasteiger partial charge is 0.383 e. The minimum atomic E-state index is -0.123. The summed E-state index contributed by atoms with van der Waals surface area (Å²) in [6.45, 7) is 5.26. The highest BCUT2D eigenvalue weighted by Crippen LogP contribution is 2.27. The molecule has 2 N–H and O–H groups in total. The zero-order valence-corrected chi connectivity index (χ0v) is 11.3. The molecule has 1 amide bonds. The van der Waals surface area contributed by atoms with Crippen LogP contribution in [0, 0.1) is 5.92 Å². The van der Waals surface area contributed by atoms with E-state index in [1.54, 1.807) is 7.11 Å². The van der Waals surface area contributed by atoms with Crippen LogP contribution in [0.5, 0.6) is 0 Å². The molecule has 0 aliphatic heterocycles. The van der Waals surface area contributed by atoms with Crippen molar-refractivity contribution in [3.63, 3.8) is 0 Å². The van der Waals surface area contributed by atoms with Crippen LogP contribution in [0.2, 0.25) is 0 Å². The third-order valence-corrected chi connectivity index (χ3v) is 3.62. The summed E-state index contributed by atoms with van der Waals surface area (Å²) < 4.78 is 4.90. The highest BCUT2D eigenvalue weighted by Gasteiger charge is 2.24. The fourth-order valence-electron chi connectivity index (χ4n) is 2.49. The van der Waals surface area contributed by atoms with E-state index < -0.39 is 0 Å². The molecule has 0 aromatic heterocycles. The van der Waals surface area contributed by atoms with E-state index in [0.717, 1.165) is 5.92 Å². The molecule has 2 atom stereocenters. The predicted molar refractivity (Wildman–Crippen MR) is 68.9 cm³/mol. The molecule has 17 heavy (non-hydrogen) atoms. The molecule has 0 saturated heterocycles. The number of rotatable bonds is 7. The molecular weight excluding hydrogens is 216 g/mol. The van der Waals surface area contributed by atoms with E-state index in [4.69, 9.17) is 4.74 Å². The molecule has 0 aromatic rings. The third-order valence-electron chi connectivity index (χ3n) is 3.62. The Balaban J connectivity index is 2.22. The first kappa shape index (κ1) is 14.5. The molecule has 0 aromatic carbocycles. The van der Waals surface area contributed by atoms with Crippen LogP contribution < -0.4 is 10.6 Å². The van der Waals surface area contributed by atoms with Crippen LogP contribution in [0.3, 0.4) is 0 Å². The molecule has 1 aliphatic rings. The Morgan fingerprint density at radius 3 is 2.59 bits per heavy atom. The smallest absolute Gasteiger partial charge is 0.236 e. The lowest BCUT2D eigenvalue weighted by molar-refractivity contribution is -0.123. The van der Waals surface area contributed by atoms with Crippen LogP contribution in [-0.4, -0.2) is 38.3 Å². The maximum absolute atomic E-state index is 11.7. The molecule has 1 fully saturated rings. The Bertz CT molecular complexity index is 227. The second-order valence-corrected chi connectivity index (χ2v) is 5.01. The highest BCUT2D eigenvalue weighted by atomic mass is 16.5. The number of carbonyl (C=O) groups excluding carboxylic acids is 1. The molecule has 0 spiro atoms. The van der Waals surface area contributed by atoms with Crippen molar-refractivity contribution < 1.29 is 9.53 Å². The Morgan fingerprint density at radius 1 is 1.35 bits per heavy atom. The molecule has 1 saturated carbocycles. The van der Waals surface area contributed by atoms with E-state index in [2.05, 4.69) is 17.6 Å². The minimum Gasteiger partial charge on any atom is -0.383 e. The van der Waals surface area contributed by atoms with Crippen molar-refractivity contribution in [2.75, 3.05) is 20.3 Å². The van der Waals surface area contributed by atoms with Crippen LogP contribution in [0.4, 0.5) is 0 Å². The predicted octanol–water partition coefficient (Wildman–Crippen LogP) is 1.31. The van der Waals surface area contributed by atoms with Crippen LogP contribution in [0.25, 0.3) is 0 Å². The number of methoxy groups -OCH3 is 1. The van der Waals surface area contributed by atoms with E-state index in [0.29, 0.717) is 19.2 Å². The van der Waals surface area contributed by atoms with Gasteiger partial charge in [0, 0.05) is 19.7 Å². The van der Waals surface area contributed by atoms with Crippen molar-refractivity contribution >= 4 is 5.91 Å². The summed E-state index contributed by atoms with van der Waals surface area (Å²) in [6, 6.07) is 0.308. The van der Waals surface area contributed by atoms with Crippen LogP contribution in [0.15, 0.2) is 0 Å². The van der Waals surface area contributed by atoms with Crippen LogP contribution in [-0.2, 0) is 9.53 Å².